The molecule has 1 heterocycles. The number of aromatic nitrogens is 1. The van der Waals surface area contributed by atoms with Crippen LogP contribution in [0.25, 0.3) is 0 Å². The van der Waals surface area contributed by atoms with E-state index in [1.807, 2.05) is 0 Å². The molecule has 11 heteroatoms. The number of anilines is 2. The molecule has 34 heavy (non-hydrogen) atoms. The molecule has 1 aromatic heterocycles. The zero-order chi connectivity index (χ0) is 24.8. The van der Waals surface area contributed by atoms with Crippen molar-refractivity contribution in [3.05, 3.63) is 86.4 Å². The molecule has 5 nitrogen and oxygen atoms in total. The topological polar surface area (TPSA) is 71.1 Å². The van der Waals surface area contributed by atoms with E-state index >= 15 is 0 Å². The second-order valence-electron chi connectivity index (χ2n) is 7.80. The third kappa shape index (κ3) is 5.11. The van der Waals surface area contributed by atoms with Gasteiger partial charge in [-0.05, 0) is 55.0 Å². The number of alkyl halides is 2. The van der Waals surface area contributed by atoms with E-state index in [9.17, 15) is 14.0 Å². The number of amides is 2. The highest BCUT2D eigenvalue weighted by Gasteiger charge is 2.67. The van der Waals surface area contributed by atoms with Crippen molar-refractivity contribution in [2.24, 2.45) is 5.92 Å². The number of hydrogen-bond acceptors (Lipinski definition) is 3. The van der Waals surface area contributed by atoms with E-state index in [4.69, 9.17) is 58.0 Å². The Morgan fingerprint density at radius 1 is 0.971 bits per heavy atom. The lowest BCUT2D eigenvalue weighted by Crippen LogP contribution is -2.18. The number of nitrogens with one attached hydrogen (secondary N) is 2. The monoisotopic (exact) mass is 559 g/mol. The van der Waals surface area contributed by atoms with E-state index in [1.54, 1.807) is 24.3 Å². The SMILES string of the molecule is Cc1cc(NC(=O)c2cc(NC(=O)C3C(c4cc(Cl)cc(Cl)c4)C3(Cl)Cl)ccc2Cl)cnc1F. The number of benzene rings is 2. The summed E-state index contributed by atoms with van der Waals surface area (Å²) in [5.41, 5.74) is 1.62. The summed E-state index contributed by atoms with van der Waals surface area (Å²) in [6, 6.07) is 10.7. The lowest BCUT2D eigenvalue weighted by molar-refractivity contribution is -0.117. The van der Waals surface area contributed by atoms with Gasteiger partial charge >= 0.3 is 0 Å². The van der Waals surface area contributed by atoms with Crippen molar-refractivity contribution in [2.45, 2.75) is 17.2 Å². The molecule has 0 bridgehead atoms. The Morgan fingerprint density at radius 2 is 1.65 bits per heavy atom. The van der Waals surface area contributed by atoms with Crippen LogP contribution < -0.4 is 10.6 Å². The number of pyridine rings is 1. The summed E-state index contributed by atoms with van der Waals surface area (Å²) in [6.45, 7) is 1.53. The van der Waals surface area contributed by atoms with Crippen LogP contribution in [-0.2, 0) is 4.79 Å². The molecule has 2 N–H and O–H groups in total. The van der Waals surface area contributed by atoms with Gasteiger partial charge in [0.25, 0.3) is 5.91 Å². The quantitative estimate of drug-likeness (QED) is 0.254. The fourth-order valence-corrected chi connectivity index (χ4v) is 5.22. The number of aryl methyl sites for hydroxylation is 1. The van der Waals surface area contributed by atoms with Crippen molar-refractivity contribution in [3.63, 3.8) is 0 Å². The highest BCUT2D eigenvalue weighted by molar-refractivity contribution is 6.53. The predicted octanol–water partition coefficient (Wildman–Crippen LogP) is 7.27. The smallest absolute Gasteiger partial charge is 0.257 e. The molecule has 0 aliphatic heterocycles. The molecule has 2 aromatic carbocycles. The molecule has 1 fully saturated rings. The summed E-state index contributed by atoms with van der Waals surface area (Å²) in [6.07, 6.45) is 1.19. The Morgan fingerprint density at radius 3 is 2.29 bits per heavy atom. The first-order valence-corrected chi connectivity index (χ1v) is 11.7. The Bertz CT molecular complexity index is 1300. The van der Waals surface area contributed by atoms with Gasteiger partial charge in [0.1, 0.15) is 4.33 Å². The van der Waals surface area contributed by atoms with Crippen LogP contribution in [0.5, 0.6) is 0 Å². The number of rotatable bonds is 5. The Balaban J connectivity index is 1.51. The van der Waals surface area contributed by atoms with Crippen molar-refractivity contribution < 1.29 is 14.0 Å². The first-order valence-electron chi connectivity index (χ1n) is 9.85. The number of carbonyl (C=O) groups excluding carboxylic acids is 2. The fourth-order valence-electron chi connectivity index (χ4n) is 3.64. The first-order chi connectivity index (χ1) is 16.0. The fraction of sp³-hybridized carbons (Fsp3) is 0.174. The standard InChI is InChI=1S/C23H15Cl5FN3O2/c1-10-4-15(9-30-20(10)29)32-21(33)16-8-14(2-3-17(16)26)31-22(34)19-18(23(19,27)28)11-5-12(24)7-13(25)6-11/h2-9,18-19H,1H3,(H,31,34)(H,32,33). The van der Waals surface area contributed by atoms with Gasteiger partial charge in [-0.15, -0.1) is 23.2 Å². The van der Waals surface area contributed by atoms with E-state index in [1.165, 1.54) is 31.3 Å². The summed E-state index contributed by atoms with van der Waals surface area (Å²) in [4.78, 5) is 29.2. The van der Waals surface area contributed by atoms with Crippen LogP contribution in [0.1, 0.15) is 27.4 Å². The summed E-state index contributed by atoms with van der Waals surface area (Å²) in [7, 11) is 0. The molecule has 0 spiro atoms. The van der Waals surface area contributed by atoms with E-state index in [2.05, 4.69) is 15.6 Å². The highest BCUT2D eigenvalue weighted by Crippen LogP contribution is 2.65. The molecule has 0 radical (unpaired) electrons. The van der Waals surface area contributed by atoms with E-state index < -0.39 is 33.9 Å². The number of halogens is 6. The maximum Gasteiger partial charge on any atom is 0.257 e. The van der Waals surface area contributed by atoms with Crippen LogP contribution in [0.3, 0.4) is 0 Å². The minimum atomic E-state index is -1.35. The molecule has 0 saturated heterocycles. The molecule has 4 rings (SSSR count). The molecular weight excluding hydrogens is 547 g/mol. The largest absolute Gasteiger partial charge is 0.326 e. The van der Waals surface area contributed by atoms with Crippen LogP contribution in [-0.4, -0.2) is 21.1 Å². The number of nitrogens with zero attached hydrogens (tertiary/aromatic N) is 1. The highest BCUT2D eigenvalue weighted by atomic mass is 35.5. The molecule has 176 valence electrons. The van der Waals surface area contributed by atoms with Crippen LogP contribution in [0.2, 0.25) is 15.1 Å². The van der Waals surface area contributed by atoms with Crippen molar-refractivity contribution in [1.82, 2.24) is 4.98 Å². The maximum atomic E-state index is 13.4. The Kier molecular flexibility index (Phi) is 7.00. The summed E-state index contributed by atoms with van der Waals surface area (Å²) >= 11 is 31.1. The van der Waals surface area contributed by atoms with Crippen molar-refractivity contribution >= 4 is 81.2 Å². The maximum absolute atomic E-state index is 13.4. The second-order valence-corrected chi connectivity index (χ2v) is 10.5. The third-order valence-electron chi connectivity index (χ3n) is 5.33. The Hall–Kier alpha value is -2.09. The van der Waals surface area contributed by atoms with Crippen molar-refractivity contribution in [2.75, 3.05) is 10.6 Å². The lowest BCUT2D eigenvalue weighted by Gasteiger charge is -2.11. The van der Waals surface area contributed by atoms with Crippen LogP contribution in [0.15, 0.2) is 48.7 Å². The molecule has 3 aromatic rings. The second kappa shape index (κ2) is 9.51. The average molecular weight is 562 g/mol. The van der Waals surface area contributed by atoms with Gasteiger partial charge in [0.15, 0.2) is 0 Å². The predicted molar refractivity (Wildman–Crippen MR) is 134 cm³/mol. The van der Waals surface area contributed by atoms with Gasteiger partial charge in [-0.1, -0.05) is 34.8 Å². The van der Waals surface area contributed by atoms with Gasteiger partial charge in [-0.25, -0.2) is 4.98 Å². The normalized spacial score (nSPS) is 18.3. The molecule has 1 saturated carbocycles. The van der Waals surface area contributed by atoms with Gasteiger partial charge in [0.2, 0.25) is 11.9 Å². The van der Waals surface area contributed by atoms with Gasteiger partial charge in [-0.3, -0.25) is 9.59 Å². The van der Waals surface area contributed by atoms with E-state index in [0.717, 1.165) is 0 Å². The summed E-state index contributed by atoms with van der Waals surface area (Å²) in [5.74, 6) is -2.93. The van der Waals surface area contributed by atoms with Crippen LogP contribution in [0, 0.1) is 18.8 Å². The van der Waals surface area contributed by atoms with Gasteiger partial charge in [0.05, 0.1) is 28.4 Å². The van der Waals surface area contributed by atoms with Gasteiger partial charge in [-0.2, -0.15) is 4.39 Å². The number of hydrogen-bond donors (Lipinski definition) is 2. The average Bonchev–Trinajstić information content (AvgIpc) is 3.33. The minimum absolute atomic E-state index is 0.0958. The van der Waals surface area contributed by atoms with Crippen molar-refractivity contribution in [1.29, 1.82) is 0 Å². The zero-order valence-electron chi connectivity index (χ0n) is 17.3. The Labute approximate surface area is 219 Å². The third-order valence-corrected chi connectivity index (χ3v) is 7.04. The minimum Gasteiger partial charge on any atom is -0.326 e. The summed E-state index contributed by atoms with van der Waals surface area (Å²) in [5, 5.41) is 6.28. The van der Waals surface area contributed by atoms with Crippen LogP contribution in [0.4, 0.5) is 15.8 Å². The van der Waals surface area contributed by atoms with E-state index in [-0.39, 0.29) is 16.1 Å². The molecule has 2 unspecified atom stereocenters. The molecular formula is C23H15Cl5FN3O2. The molecule has 2 amide bonds. The molecule has 1 aliphatic rings. The zero-order valence-corrected chi connectivity index (χ0v) is 21.1. The van der Waals surface area contributed by atoms with Gasteiger partial charge < -0.3 is 10.6 Å². The lowest BCUT2D eigenvalue weighted by atomic mass is 10.1. The van der Waals surface area contributed by atoms with Crippen LogP contribution >= 0.6 is 58.0 Å². The summed E-state index contributed by atoms with van der Waals surface area (Å²) < 4.78 is 12.0. The van der Waals surface area contributed by atoms with E-state index in [0.29, 0.717) is 27.0 Å². The molecule has 1 aliphatic carbocycles. The number of carbonyl (C=O) groups is 2. The van der Waals surface area contributed by atoms with Crippen molar-refractivity contribution in [3.8, 4) is 0 Å². The first kappa shape index (κ1) is 25.0. The molecule has 2 atom stereocenters. The van der Waals surface area contributed by atoms with Gasteiger partial charge in [0, 0.05) is 27.2 Å².